The van der Waals surface area contributed by atoms with Crippen molar-refractivity contribution in [3.8, 4) is 11.5 Å². The molecule has 1 aromatic carbocycles. The Hall–Kier alpha value is -1.71. The molecule has 94 valence electrons. The third kappa shape index (κ3) is 3.66. The molecule has 0 aliphatic rings. The van der Waals surface area contributed by atoms with Gasteiger partial charge in [-0.3, -0.25) is 4.79 Å². The second kappa shape index (κ2) is 6.13. The molecule has 0 bridgehead atoms. The molecule has 0 heterocycles. The van der Waals surface area contributed by atoms with Gasteiger partial charge in [0.05, 0.1) is 14.2 Å². The number of aryl methyl sites for hydroxylation is 1. The minimum absolute atomic E-state index is 0.0250. The van der Waals surface area contributed by atoms with E-state index in [-0.39, 0.29) is 5.91 Å². The van der Waals surface area contributed by atoms with Crippen molar-refractivity contribution in [2.75, 3.05) is 20.8 Å². The Morgan fingerprint density at radius 1 is 1.24 bits per heavy atom. The molecule has 0 saturated carbocycles. The quantitative estimate of drug-likeness (QED) is 0.847. The second-order valence-electron chi connectivity index (χ2n) is 3.87. The highest BCUT2D eigenvalue weighted by molar-refractivity contribution is 5.72. The van der Waals surface area contributed by atoms with Crippen LogP contribution in [0.25, 0.3) is 0 Å². The van der Waals surface area contributed by atoms with Gasteiger partial charge in [0.25, 0.3) is 0 Å². The Morgan fingerprint density at radius 2 is 1.88 bits per heavy atom. The lowest BCUT2D eigenvalue weighted by molar-refractivity contribution is -0.118. The van der Waals surface area contributed by atoms with Gasteiger partial charge in [-0.2, -0.15) is 0 Å². The number of amides is 1. The van der Waals surface area contributed by atoms with E-state index in [1.807, 2.05) is 19.1 Å². The number of carbonyl (C=O) groups excluding carboxylic acids is 1. The van der Waals surface area contributed by atoms with Crippen LogP contribution in [0.2, 0.25) is 0 Å². The summed E-state index contributed by atoms with van der Waals surface area (Å²) in [4.78, 5) is 10.8. The zero-order chi connectivity index (χ0) is 12.8. The Kier molecular flexibility index (Phi) is 4.82. The van der Waals surface area contributed by atoms with Crippen LogP contribution in [0.3, 0.4) is 0 Å². The molecule has 1 rings (SSSR count). The van der Waals surface area contributed by atoms with Crippen molar-refractivity contribution >= 4 is 5.91 Å². The minimum Gasteiger partial charge on any atom is -0.496 e. The zero-order valence-corrected chi connectivity index (χ0v) is 10.8. The summed E-state index contributed by atoms with van der Waals surface area (Å²) >= 11 is 0. The minimum atomic E-state index is -0.0250. The number of methoxy groups -OCH3 is 2. The van der Waals surface area contributed by atoms with Gasteiger partial charge < -0.3 is 14.8 Å². The van der Waals surface area contributed by atoms with Crippen LogP contribution >= 0.6 is 0 Å². The molecule has 1 aromatic rings. The molecular weight excluding hydrogens is 218 g/mol. The number of hydrogen-bond donors (Lipinski definition) is 1. The number of nitrogens with one attached hydrogen (secondary N) is 1. The van der Waals surface area contributed by atoms with E-state index in [1.54, 1.807) is 14.2 Å². The number of benzene rings is 1. The normalized spacial score (nSPS) is 9.88. The monoisotopic (exact) mass is 237 g/mol. The first-order valence-electron chi connectivity index (χ1n) is 5.54. The number of ether oxygens (including phenoxy) is 2. The van der Waals surface area contributed by atoms with Crippen LogP contribution in [-0.2, 0) is 11.2 Å². The number of rotatable bonds is 5. The molecule has 0 spiro atoms. The van der Waals surface area contributed by atoms with Crippen LogP contribution in [-0.4, -0.2) is 26.7 Å². The maximum absolute atomic E-state index is 10.8. The highest BCUT2D eigenvalue weighted by Gasteiger charge is 2.08. The summed E-state index contributed by atoms with van der Waals surface area (Å²) in [7, 11) is 3.29. The van der Waals surface area contributed by atoms with Crippen molar-refractivity contribution in [3.63, 3.8) is 0 Å². The Bertz CT molecular complexity index is 402. The van der Waals surface area contributed by atoms with E-state index in [4.69, 9.17) is 9.47 Å². The Morgan fingerprint density at radius 3 is 2.41 bits per heavy atom. The first kappa shape index (κ1) is 13.4. The van der Waals surface area contributed by atoms with Gasteiger partial charge in [0, 0.05) is 13.5 Å². The second-order valence-corrected chi connectivity index (χ2v) is 3.87. The molecule has 0 aromatic heterocycles. The van der Waals surface area contributed by atoms with Gasteiger partial charge in [-0.15, -0.1) is 0 Å². The van der Waals surface area contributed by atoms with E-state index < -0.39 is 0 Å². The highest BCUT2D eigenvalue weighted by atomic mass is 16.5. The van der Waals surface area contributed by atoms with Crippen LogP contribution in [0.5, 0.6) is 11.5 Å². The van der Waals surface area contributed by atoms with E-state index in [0.717, 1.165) is 29.0 Å². The summed E-state index contributed by atoms with van der Waals surface area (Å²) in [6.45, 7) is 4.07. The van der Waals surface area contributed by atoms with Crippen molar-refractivity contribution in [2.45, 2.75) is 20.3 Å². The van der Waals surface area contributed by atoms with Gasteiger partial charge in [0.15, 0.2) is 0 Å². The number of hydrogen-bond acceptors (Lipinski definition) is 3. The van der Waals surface area contributed by atoms with Gasteiger partial charge >= 0.3 is 0 Å². The molecule has 1 N–H and O–H groups in total. The molecule has 4 nitrogen and oxygen atoms in total. The summed E-state index contributed by atoms with van der Waals surface area (Å²) in [5.74, 6) is 1.64. The third-order valence-electron chi connectivity index (χ3n) is 2.57. The fourth-order valence-electron chi connectivity index (χ4n) is 1.68. The van der Waals surface area contributed by atoms with Crippen LogP contribution in [0, 0.1) is 6.92 Å². The molecule has 0 fully saturated rings. The van der Waals surface area contributed by atoms with E-state index >= 15 is 0 Å². The molecule has 0 aliphatic heterocycles. The average Bonchev–Trinajstić information content (AvgIpc) is 2.30. The first-order valence-corrected chi connectivity index (χ1v) is 5.54. The predicted octanol–water partition coefficient (Wildman–Crippen LogP) is 1.69. The molecule has 4 heteroatoms. The van der Waals surface area contributed by atoms with Crippen molar-refractivity contribution in [2.24, 2.45) is 0 Å². The molecule has 0 aliphatic carbocycles. The zero-order valence-electron chi connectivity index (χ0n) is 10.8. The Balaban J connectivity index is 2.84. The van der Waals surface area contributed by atoms with Gasteiger partial charge in [-0.05, 0) is 36.6 Å². The van der Waals surface area contributed by atoms with Crippen LogP contribution < -0.4 is 14.8 Å². The fraction of sp³-hybridized carbons (Fsp3) is 0.462. The van der Waals surface area contributed by atoms with Crippen molar-refractivity contribution in [3.05, 3.63) is 23.3 Å². The lowest BCUT2D eigenvalue weighted by atomic mass is 10.1. The van der Waals surface area contributed by atoms with Gasteiger partial charge in [-0.1, -0.05) is 0 Å². The summed E-state index contributed by atoms with van der Waals surface area (Å²) in [5, 5.41) is 2.76. The summed E-state index contributed by atoms with van der Waals surface area (Å²) in [5.41, 5.74) is 2.07. The summed E-state index contributed by atoms with van der Waals surface area (Å²) in [6.07, 6.45) is 0.722. The topological polar surface area (TPSA) is 47.6 Å². The van der Waals surface area contributed by atoms with Gasteiger partial charge in [0.2, 0.25) is 5.91 Å². The highest BCUT2D eigenvalue weighted by Crippen LogP contribution is 2.28. The molecule has 0 atom stereocenters. The maximum atomic E-state index is 10.8. The lowest BCUT2D eigenvalue weighted by Gasteiger charge is -2.13. The third-order valence-corrected chi connectivity index (χ3v) is 2.57. The van der Waals surface area contributed by atoms with Gasteiger partial charge in [0.1, 0.15) is 11.5 Å². The fourth-order valence-corrected chi connectivity index (χ4v) is 1.68. The first-order chi connectivity index (χ1) is 8.08. The molecular formula is C13H19NO3. The van der Waals surface area contributed by atoms with Crippen molar-refractivity contribution < 1.29 is 14.3 Å². The molecule has 17 heavy (non-hydrogen) atoms. The van der Waals surface area contributed by atoms with E-state index in [1.165, 1.54) is 6.92 Å². The van der Waals surface area contributed by atoms with Crippen LogP contribution in [0.15, 0.2) is 12.1 Å². The predicted molar refractivity (Wildman–Crippen MR) is 66.7 cm³/mol. The average molecular weight is 237 g/mol. The van der Waals surface area contributed by atoms with E-state index in [9.17, 15) is 4.79 Å². The smallest absolute Gasteiger partial charge is 0.216 e. The summed E-state index contributed by atoms with van der Waals surface area (Å²) < 4.78 is 10.6. The van der Waals surface area contributed by atoms with Crippen LogP contribution in [0.1, 0.15) is 18.1 Å². The van der Waals surface area contributed by atoms with E-state index in [0.29, 0.717) is 6.54 Å². The number of carbonyl (C=O) groups is 1. The van der Waals surface area contributed by atoms with E-state index in [2.05, 4.69) is 5.32 Å². The molecule has 0 unspecified atom stereocenters. The molecule has 0 saturated heterocycles. The SMILES string of the molecule is COc1cc(CCNC(C)=O)c(OC)cc1C. The largest absolute Gasteiger partial charge is 0.496 e. The Labute approximate surface area is 102 Å². The lowest BCUT2D eigenvalue weighted by Crippen LogP contribution is -2.22. The van der Waals surface area contributed by atoms with Crippen molar-refractivity contribution in [1.82, 2.24) is 5.32 Å². The van der Waals surface area contributed by atoms with Gasteiger partial charge in [-0.25, -0.2) is 0 Å². The standard InChI is InChI=1S/C13H19NO3/c1-9-7-13(17-4)11(8-12(9)16-3)5-6-14-10(2)15/h7-8H,5-6H2,1-4H3,(H,14,15). The van der Waals surface area contributed by atoms with Crippen molar-refractivity contribution in [1.29, 1.82) is 0 Å². The molecule has 0 radical (unpaired) electrons. The summed E-state index contributed by atoms with van der Waals surface area (Å²) in [6, 6.07) is 3.90. The maximum Gasteiger partial charge on any atom is 0.216 e. The molecule has 1 amide bonds. The van der Waals surface area contributed by atoms with Crippen LogP contribution in [0.4, 0.5) is 0 Å².